The van der Waals surface area contributed by atoms with Crippen LogP contribution in [0.25, 0.3) is 0 Å². The second kappa shape index (κ2) is 4.70. The van der Waals surface area contributed by atoms with Gasteiger partial charge in [-0.3, -0.25) is 0 Å². The first-order valence-corrected chi connectivity index (χ1v) is 5.18. The fourth-order valence-corrected chi connectivity index (χ4v) is 1.66. The van der Waals surface area contributed by atoms with Gasteiger partial charge in [0.1, 0.15) is 16.2 Å². The molecule has 78 valence electrons. The van der Waals surface area contributed by atoms with Gasteiger partial charge < -0.3 is 10.0 Å². The molecule has 1 unspecified atom stereocenters. The average molecular weight is 260 g/mol. The van der Waals surface area contributed by atoms with Crippen LogP contribution in [0.5, 0.6) is 0 Å². The van der Waals surface area contributed by atoms with E-state index in [-0.39, 0.29) is 6.10 Å². The highest BCUT2D eigenvalue weighted by atomic mass is 79.9. The van der Waals surface area contributed by atoms with E-state index in [0.717, 1.165) is 10.4 Å². The molecule has 1 aromatic rings. The molecule has 0 radical (unpaired) electrons. The van der Waals surface area contributed by atoms with Gasteiger partial charge in [0, 0.05) is 19.7 Å². The van der Waals surface area contributed by atoms with Crippen LogP contribution in [0.3, 0.4) is 0 Å². The average Bonchev–Trinajstić information content (AvgIpc) is 2.00. The number of rotatable bonds is 3. The van der Waals surface area contributed by atoms with E-state index < -0.39 is 0 Å². The maximum Gasteiger partial charge on any atom is 0.133 e. The molecule has 0 saturated heterocycles. The van der Waals surface area contributed by atoms with Gasteiger partial charge in [0.05, 0.1) is 6.10 Å². The van der Waals surface area contributed by atoms with Gasteiger partial charge in [0.15, 0.2) is 0 Å². The lowest BCUT2D eigenvalue weighted by atomic mass is 10.3. The lowest BCUT2D eigenvalue weighted by Crippen LogP contribution is -2.27. The van der Waals surface area contributed by atoms with Crippen molar-refractivity contribution in [3.05, 3.63) is 16.5 Å². The third-order valence-electron chi connectivity index (χ3n) is 1.72. The van der Waals surface area contributed by atoms with E-state index in [2.05, 4.69) is 25.9 Å². The number of hydrogen-bond donors (Lipinski definition) is 1. The molecule has 0 aliphatic carbocycles. The molecule has 1 heterocycles. The second-order valence-corrected chi connectivity index (χ2v) is 4.14. The van der Waals surface area contributed by atoms with Gasteiger partial charge in [-0.2, -0.15) is 0 Å². The summed E-state index contributed by atoms with van der Waals surface area (Å²) >= 11 is 3.31. The van der Waals surface area contributed by atoms with Crippen LogP contribution in [-0.2, 0) is 0 Å². The first-order chi connectivity index (χ1) is 6.49. The van der Waals surface area contributed by atoms with Crippen molar-refractivity contribution in [2.45, 2.75) is 20.0 Å². The molecule has 0 spiro atoms. The number of aliphatic hydroxyl groups is 1. The molecule has 0 saturated carbocycles. The Bertz CT molecular complexity index is 297. The molecule has 1 rings (SSSR count). The van der Waals surface area contributed by atoms with Gasteiger partial charge in [0.2, 0.25) is 0 Å². The number of aliphatic hydroxyl groups excluding tert-OH is 1. The van der Waals surface area contributed by atoms with Crippen molar-refractivity contribution in [3.8, 4) is 0 Å². The van der Waals surface area contributed by atoms with Gasteiger partial charge in [-0.15, -0.1) is 0 Å². The standard InChI is InChI=1S/C9H14BrN3O/c1-6(14)5-13(3)9-4-8(10)11-7(2)12-9/h4,6,14H,5H2,1-3H3. The zero-order valence-electron chi connectivity index (χ0n) is 8.53. The van der Waals surface area contributed by atoms with E-state index in [9.17, 15) is 5.11 Å². The Hall–Kier alpha value is -0.680. The predicted octanol–water partition coefficient (Wildman–Crippen LogP) is 1.36. The van der Waals surface area contributed by atoms with Crippen molar-refractivity contribution in [3.63, 3.8) is 0 Å². The maximum atomic E-state index is 9.23. The van der Waals surface area contributed by atoms with Crippen molar-refractivity contribution < 1.29 is 5.11 Å². The molecule has 0 aliphatic rings. The van der Waals surface area contributed by atoms with Gasteiger partial charge >= 0.3 is 0 Å². The Morgan fingerprint density at radius 2 is 2.21 bits per heavy atom. The summed E-state index contributed by atoms with van der Waals surface area (Å²) in [5, 5.41) is 9.23. The third-order valence-corrected chi connectivity index (χ3v) is 2.13. The van der Waals surface area contributed by atoms with Crippen molar-refractivity contribution in [1.29, 1.82) is 0 Å². The molecular formula is C9H14BrN3O. The number of likely N-dealkylation sites (N-methyl/N-ethyl adjacent to an activating group) is 1. The SMILES string of the molecule is Cc1nc(Br)cc(N(C)CC(C)O)n1. The monoisotopic (exact) mass is 259 g/mol. The fraction of sp³-hybridized carbons (Fsp3) is 0.556. The van der Waals surface area contributed by atoms with Crippen molar-refractivity contribution in [1.82, 2.24) is 9.97 Å². The van der Waals surface area contributed by atoms with E-state index in [1.54, 1.807) is 6.92 Å². The molecule has 0 aliphatic heterocycles. The first-order valence-electron chi connectivity index (χ1n) is 4.39. The molecule has 14 heavy (non-hydrogen) atoms. The Balaban J connectivity index is 2.84. The van der Waals surface area contributed by atoms with Gasteiger partial charge in [-0.05, 0) is 29.8 Å². The van der Waals surface area contributed by atoms with Crippen molar-refractivity contribution >= 4 is 21.7 Å². The van der Waals surface area contributed by atoms with Crippen LogP contribution in [0.1, 0.15) is 12.7 Å². The number of aromatic nitrogens is 2. The predicted molar refractivity (Wildman–Crippen MR) is 59.4 cm³/mol. The van der Waals surface area contributed by atoms with E-state index in [4.69, 9.17) is 0 Å². The Labute approximate surface area is 92.1 Å². The van der Waals surface area contributed by atoms with Crippen LogP contribution in [-0.4, -0.2) is 34.8 Å². The molecular weight excluding hydrogens is 246 g/mol. The Morgan fingerprint density at radius 3 is 2.71 bits per heavy atom. The zero-order chi connectivity index (χ0) is 10.7. The number of anilines is 1. The molecule has 5 heteroatoms. The maximum absolute atomic E-state index is 9.23. The molecule has 1 atom stereocenters. The molecule has 4 nitrogen and oxygen atoms in total. The van der Waals surface area contributed by atoms with Gasteiger partial charge in [0.25, 0.3) is 0 Å². The normalized spacial score (nSPS) is 12.6. The van der Waals surface area contributed by atoms with Crippen molar-refractivity contribution in [2.24, 2.45) is 0 Å². The minimum absolute atomic E-state index is 0.367. The topological polar surface area (TPSA) is 49.2 Å². The van der Waals surface area contributed by atoms with Gasteiger partial charge in [-0.25, -0.2) is 9.97 Å². The zero-order valence-corrected chi connectivity index (χ0v) is 10.1. The van der Waals surface area contributed by atoms with Crippen LogP contribution < -0.4 is 4.90 Å². The Kier molecular flexibility index (Phi) is 3.83. The van der Waals surface area contributed by atoms with E-state index in [0.29, 0.717) is 12.4 Å². The summed E-state index contributed by atoms with van der Waals surface area (Å²) in [4.78, 5) is 10.3. The number of hydrogen-bond acceptors (Lipinski definition) is 4. The minimum atomic E-state index is -0.367. The van der Waals surface area contributed by atoms with Crippen LogP contribution in [0, 0.1) is 6.92 Å². The lowest BCUT2D eigenvalue weighted by molar-refractivity contribution is 0.201. The minimum Gasteiger partial charge on any atom is -0.392 e. The summed E-state index contributed by atoms with van der Waals surface area (Å²) in [5.41, 5.74) is 0. The Morgan fingerprint density at radius 1 is 1.57 bits per heavy atom. The quantitative estimate of drug-likeness (QED) is 0.834. The highest BCUT2D eigenvalue weighted by molar-refractivity contribution is 9.10. The fourth-order valence-electron chi connectivity index (χ4n) is 1.20. The number of aryl methyl sites for hydroxylation is 1. The summed E-state index contributed by atoms with van der Waals surface area (Å²) < 4.78 is 0.762. The van der Waals surface area contributed by atoms with E-state index >= 15 is 0 Å². The van der Waals surface area contributed by atoms with Crippen LogP contribution >= 0.6 is 15.9 Å². The van der Waals surface area contributed by atoms with Crippen LogP contribution in [0.2, 0.25) is 0 Å². The van der Waals surface area contributed by atoms with Crippen LogP contribution in [0.4, 0.5) is 5.82 Å². The largest absolute Gasteiger partial charge is 0.392 e. The first kappa shape index (κ1) is 11.4. The number of nitrogens with zero attached hydrogens (tertiary/aromatic N) is 3. The molecule has 0 amide bonds. The van der Waals surface area contributed by atoms with Crippen LogP contribution in [0.15, 0.2) is 10.7 Å². The smallest absolute Gasteiger partial charge is 0.133 e. The van der Waals surface area contributed by atoms with E-state index in [1.807, 2.05) is 24.9 Å². The highest BCUT2D eigenvalue weighted by Crippen LogP contribution is 2.15. The summed E-state index contributed by atoms with van der Waals surface area (Å²) in [6, 6.07) is 1.83. The summed E-state index contributed by atoms with van der Waals surface area (Å²) in [6.07, 6.45) is -0.367. The second-order valence-electron chi connectivity index (χ2n) is 3.33. The summed E-state index contributed by atoms with van der Waals surface area (Å²) in [6.45, 7) is 4.15. The van der Waals surface area contributed by atoms with Crippen molar-refractivity contribution in [2.75, 3.05) is 18.5 Å². The summed E-state index contributed by atoms with van der Waals surface area (Å²) in [5.74, 6) is 1.53. The summed E-state index contributed by atoms with van der Waals surface area (Å²) in [7, 11) is 1.89. The highest BCUT2D eigenvalue weighted by Gasteiger charge is 2.07. The molecule has 1 N–H and O–H groups in total. The third kappa shape index (κ3) is 3.23. The van der Waals surface area contributed by atoms with Gasteiger partial charge in [-0.1, -0.05) is 0 Å². The number of halogens is 1. The molecule has 0 aromatic carbocycles. The molecule has 0 fully saturated rings. The molecule has 0 bridgehead atoms. The lowest BCUT2D eigenvalue weighted by Gasteiger charge is -2.19. The van der Waals surface area contributed by atoms with E-state index in [1.165, 1.54) is 0 Å². The molecule has 1 aromatic heterocycles.